The van der Waals surface area contributed by atoms with Crippen LogP contribution in [0.3, 0.4) is 0 Å². The van der Waals surface area contributed by atoms with Crippen LogP contribution in [0.1, 0.15) is 52.2 Å². The summed E-state index contributed by atoms with van der Waals surface area (Å²) in [5.41, 5.74) is 0.975. The molecule has 1 heterocycles. The van der Waals surface area contributed by atoms with E-state index >= 15 is 0 Å². The van der Waals surface area contributed by atoms with Gasteiger partial charge in [0.1, 0.15) is 5.82 Å². The lowest BCUT2D eigenvalue weighted by Crippen LogP contribution is -2.29. The van der Waals surface area contributed by atoms with Crippen molar-refractivity contribution in [2.24, 2.45) is 11.3 Å². The Morgan fingerprint density at radius 1 is 1.25 bits per heavy atom. The van der Waals surface area contributed by atoms with E-state index in [0.717, 1.165) is 18.4 Å². The van der Waals surface area contributed by atoms with E-state index in [1.54, 1.807) is 6.07 Å². The van der Waals surface area contributed by atoms with Gasteiger partial charge >= 0.3 is 0 Å². The maximum atomic E-state index is 13.7. The van der Waals surface area contributed by atoms with Gasteiger partial charge in [0.25, 0.3) is 0 Å². The van der Waals surface area contributed by atoms with Crippen molar-refractivity contribution in [1.82, 2.24) is 0 Å². The summed E-state index contributed by atoms with van der Waals surface area (Å²) in [5, 5.41) is 0.227. The molecule has 0 unspecified atom stereocenters. The summed E-state index contributed by atoms with van der Waals surface area (Å²) in [6.07, 6.45) is 2.00. The van der Waals surface area contributed by atoms with Crippen LogP contribution in [0.2, 0.25) is 10.0 Å². The molecule has 1 aliphatic heterocycles. The van der Waals surface area contributed by atoms with Crippen LogP contribution < -0.4 is 0 Å². The summed E-state index contributed by atoms with van der Waals surface area (Å²) in [6.45, 7) is 8.86. The van der Waals surface area contributed by atoms with Gasteiger partial charge in [-0.1, -0.05) is 50.9 Å². The number of hydrogen-bond donors (Lipinski definition) is 0. The second-order valence-corrected chi connectivity index (χ2v) is 7.48. The highest BCUT2D eigenvalue weighted by Gasteiger charge is 2.35. The van der Waals surface area contributed by atoms with E-state index in [0.29, 0.717) is 5.92 Å². The van der Waals surface area contributed by atoms with E-state index in [1.807, 2.05) is 0 Å². The Kier molecular flexibility index (Phi) is 4.68. The van der Waals surface area contributed by atoms with Gasteiger partial charge in [0, 0.05) is 0 Å². The largest absolute Gasteiger partial charge is 0.370 e. The van der Waals surface area contributed by atoms with Gasteiger partial charge in [0.05, 0.1) is 22.3 Å². The minimum atomic E-state index is -0.481. The van der Waals surface area contributed by atoms with E-state index in [1.165, 1.54) is 6.07 Å². The lowest BCUT2D eigenvalue weighted by Gasteiger charge is -2.32. The van der Waals surface area contributed by atoms with Gasteiger partial charge < -0.3 is 4.74 Å². The van der Waals surface area contributed by atoms with Crippen LogP contribution in [0.15, 0.2) is 12.1 Å². The highest BCUT2D eigenvalue weighted by molar-refractivity contribution is 6.42. The monoisotopic (exact) mass is 318 g/mol. The Bertz CT molecular complexity index is 473. The van der Waals surface area contributed by atoms with Crippen LogP contribution in [0.25, 0.3) is 0 Å². The van der Waals surface area contributed by atoms with Gasteiger partial charge in [-0.2, -0.15) is 0 Å². The first-order valence-electron chi connectivity index (χ1n) is 7.00. The highest BCUT2D eigenvalue weighted by atomic mass is 35.5. The average Bonchev–Trinajstić information content (AvgIpc) is 2.82. The van der Waals surface area contributed by atoms with E-state index in [-0.39, 0.29) is 27.7 Å². The molecule has 1 fully saturated rings. The summed E-state index contributed by atoms with van der Waals surface area (Å²) >= 11 is 11.7. The summed E-state index contributed by atoms with van der Waals surface area (Å²) in [5.74, 6) is -0.0368. The summed E-state index contributed by atoms with van der Waals surface area (Å²) in [6, 6.07) is 3.14. The topological polar surface area (TPSA) is 9.23 Å². The van der Waals surface area contributed by atoms with Crippen molar-refractivity contribution >= 4 is 23.2 Å². The molecule has 1 saturated heterocycles. The Morgan fingerprint density at radius 3 is 2.45 bits per heavy atom. The molecule has 0 radical (unpaired) electrons. The van der Waals surface area contributed by atoms with E-state index < -0.39 is 5.82 Å². The minimum Gasteiger partial charge on any atom is -0.370 e. The third-order valence-corrected chi connectivity index (χ3v) is 5.13. The maximum absolute atomic E-state index is 13.7. The van der Waals surface area contributed by atoms with Gasteiger partial charge in [0.2, 0.25) is 0 Å². The third kappa shape index (κ3) is 3.29. The van der Waals surface area contributed by atoms with Gasteiger partial charge in [0.15, 0.2) is 0 Å². The fourth-order valence-corrected chi connectivity index (χ4v) is 2.92. The van der Waals surface area contributed by atoms with Crippen LogP contribution in [-0.4, -0.2) is 6.10 Å². The summed E-state index contributed by atoms with van der Waals surface area (Å²) < 4.78 is 19.8. The molecule has 0 aromatic heterocycles. The van der Waals surface area contributed by atoms with Crippen molar-refractivity contribution in [3.63, 3.8) is 0 Å². The number of hydrogen-bond acceptors (Lipinski definition) is 1. The first-order chi connectivity index (χ1) is 9.20. The highest BCUT2D eigenvalue weighted by Crippen LogP contribution is 2.42. The van der Waals surface area contributed by atoms with Crippen molar-refractivity contribution in [2.75, 3.05) is 0 Å². The van der Waals surface area contributed by atoms with E-state index in [4.69, 9.17) is 27.9 Å². The minimum absolute atomic E-state index is 0.0203. The molecule has 1 aromatic carbocycles. The number of halogens is 3. The van der Waals surface area contributed by atoms with Gasteiger partial charge in [-0.05, 0) is 41.9 Å². The second kappa shape index (κ2) is 5.82. The van der Waals surface area contributed by atoms with Crippen molar-refractivity contribution in [3.8, 4) is 0 Å². The zero-order chi connectivity index (χ0) is 15.1. The first-order valence-corrected chi connectivity index (χ1v) is 7.75. The molecule has 0 N–H and O–H groups in total. The van der Waals surface area contributed by atoms with E-state index in [9.17, 15) is 4.39 Å². The predicted octanol–water partition coefficient (Wildman–Crippen LogP) is 6.03. The zero-order valence-electron chi connectivity index (χ0n) is 12.3. The van der Waals surface area contributed by atoms with Crippen molar-refractivity contribution in [2.45, 2.75) is 52.7 Å². The molecule has 1 nitrogen and oxygen atoms in total. The molecule has 20 heavy (non-hydrogen) atoms. The molecule has 1 aromatic rings. The Morgan fingerprint density at radius 2 is 1.90 bits per heavy atom. The molecule has 3 atom stereocenters. The first kappa shape index (κ1) is 16.1. The Hall–Kier alpha value is -0.310. The normalized spacial score (nSPS) is 24.9. The molecule has 0 amide bonds. The van der Waals surface area contributed by atoms with Crippen LogP contribution in [-0.2, 0) is 4.74 Å². The molecule has 0 aliphatic carbocycles. The molecule has 1 aliphatic rings. The average molecular weight is 319 g/mol. The number of rotatable bonds is 2. The molecular formula is C16H21Cl2FO. The van der Waals surface area contributed by atoms with Crippen LogP contribution >= 0.6 is 23.2 Å². The second-order valence-electron chi connectivity index (χ2n) is 6.69. The van der Waals surface area contributed by atoms with Crippen LogP contribution in [0.4, 0.5) is 4.39 Å². The molecular weight excluding hydrogens is 298 g/mol. The van der Waals surface area contributed by atoms with Crippen molar-refractivity contribution in [3.05, 3.63) is 33.6 Å². The lowest BCUT2D eigenvalue weighted by atomic mass is 9.78. The third-order valence-electron chi connectivity index (χ3n) is 4.35. The SMILES string of the molecule is C[C@@H]([C@@H]1CC[C@H](c2cc(F)c(Cl)c(Cl)c2)O1)C(C)(C)C. The summed E-state index contributed by atoms with van der Waals surface area (Å²) in [7, 11) is 0. The number of ether oxygens (including phenoxy) is 1. The molecule has 0 saturated carbocycles. The standard InChI is InChI=1S/C16H21Cl2FO/c1-9(16(2,3)4)13-5-6-14(20-13)10-7-11(17)15(18)12(19)8-10/h7-9,13-14H,5-6H2,1-4H3/t9-,13-,14+/m0/s1. The van der Waals surface area contributed by atoms with Gasteiger partial charge in [-0.25, -0.2) is 4.39 Å². The fourth-order valence-electron chi connectivity index (χ4n) is 2.59. The molecule has 2 rings (SSSR count). The Balaban J connectivity index is 2.14. The van der Waals surface area contributed by atoms with Gasteiger partial charge in [-0.3, -0.25) is 0 Å². The lowest BCUT2D eigenvalue weighted by molar-refractivity contribution is -0.0164. The molecule has 0 spiro atoms. The predicted molar refractivity (Wildman–Crippen MR) is 81.9 cm³/mol. The molecule has 0 bridgehead atoms. The Labute approximate surface area is 130 Å². The van der Waals surface area contributed by atoms with Crippen molar-refractivity contribution < 1.29 is 9.13 Å². The van der Waals surface area contributed by atoms with Crippen LogP contribution in [0.5, 0.6) is 0 Å². The van der Waals surface area contributed by atoms with E-state index in [2.05, 4.69) is 27.7 Å². The smallest absolute Gasteiger partial charge is 0.143 e. The maximum Gasteiger partial charge on any atom is 0.143 e. The molecule has 4 heteroatoms. The quantitative estimate of drug-likeness (QED) is 0.604. The van der Waals surface area contributed by atoms with Gasteiger partial charge in [-0.15, -0.1) is 0 Å². The summed E-state index contributed by atoms with van der Waals surface area (Å²) in [4.78, 5) is 0. The van der Waals surface area contributed by atoms with Crippen molar-refractivity contribution in [1.29, 1.82) is 0 Å². The zero-order valence-corrected chi connectivity index (χ0v) is 13.9. The number of benzene rings is 1. The van der Waals surface area contributed by atoms with Crippen LogP contribution in [0, 0.1) is 17.2 Å². The fraction of sp³-hybridized carbons (Fsp3) is 0.625. The molecule has 112 valence electrons.